The Morgan fingerprint density at radius 1 is 1.21 bits per heavy atom. The number of anilines is 1. The summed E-state index contributed by atoms with van der Waals surface area (Å²) >= 11 is 2.67. The molecule has 1 fully saturated rings. The summed E-state index contributed by atoms with van der Waals surface area (Å²) in [4.78, 5) is 24.7. The van der Waals surface area contributed by atoms with Crippen molar-refractivity contribution in [2.45, 2.75) is 30.5 Å². The zero-order valence-corrected chi connectivity index (χ0v) is 21.1. The summed E-state index contributed by atoms with van der Waals surface area (Å²) in [6, 6.07) is 15.0. The molecule has 0 spiro atoms. The van der Waals surface area contributed by atoms with Gasteiger partial charge in [-0.2, -0.15) is 4.31 Å². The zero-order chi connectivity index (χ0) is 23.7. The van der Waals surface area contributed by atoms with Gasteiger partial charge in [0.05, 0.1) is 28.4 Å². The lowest BCUT2D eigenvalue weighted by Crippen LogP contribution is -2.46. The summed E-state index contributed by atoms with van der Waals surface area (Å²) in [7, 11) is -3.60. The third-order valence-corrected chi connectivity index (χ3v) is 10.2. The summed E-state index contributed by atoms with van der Waals surface area (Å²) < 4.78 is 29.0. The van der Waals surface area contributed by atoms with E-state index in [4.69, 9.17) is 4.98 Å². The molecule has 1 unspecified atom stereocenters. The van der Waals surface area contributed by atoms with Gasteiger partial charge >= 0.3 is 0 Å². The van der Waals surface area contributed by atoms with Crippen LogP contribution in [0.2, 0.25) is 0 Å². The molecule has 176 valence electrons. The zero-order valence-electron chi connectivity index (χ0n) is 18.6. The minimum atomic E-state index is -3.60. The molecule has 1 saturated heterocycles. The van der Waals surface area contributed by atoms with Crippen molar-refractivity contribution in [3.8, 4) is 0 Å². The number of piperidine rings is 1. The second-order valence-corrected chi connectivity index (χ2v) is 12.5. The van der Waals surface area contributed by atoms with Gasteiger partial charge < -0.3 is 0 Å². The number of rotatable bonds is 6. The van der Waals surface area contributed by atoms with Gasteiger partial charge in [-0.25, -0.2) is 13.4 Å². The maximum absolute atomic E-state index is 13.9. The summed E-state index contributed by atoms with van der Waals surface area (Å²) in [6.45, 7) is 2.90. The number of hydrogen-bond donors (Lipinski definition) is 0. The second kappa shape index (κ2) is 9.53. The lowest BCUT2D eigenvalue weighted by molar-refractivity contribution is -0.123. The third kappa shape index (κ3) is 4.63. The predicted molar refractivity (Wildman–Crippen MR) is 136 cm³/mol. The second-order valence-electron chi connectivity index (χ2n) is 8.35. The molecule has 0 aliphatic carbocycles. The predicted octanol–water partition coefficient (Wildman–Crippen LogP) is 4.70. The van der Waals surface area contributed by atoms with Crippen LogP contribution < -0.4 is 4.90 Å². The van der Waals surface area contributed by atoms with E-state index < -0.39 is 15.9 Å². The molecule has 5 rings (SSSR count). The first kappa shape index (κ1) is 23.1. The number of thiophene rings is 1. The first-order chi connectivity index (χ1) is 16.4. The van der Waals surface area contributed by atoms with Gasteiger partial charge in [-0.15, -0.1) is 11.3 Å². The maximum atomic E-state index is 13.9. The van der Waals surface area contributed by atoms with Gasteiger partial charge in [0.1, 0.15) is 4.21 Å². The van der Waals surface area contributed by atoms with Crippen LogP contribution in [0.1, 0.15) is 24.1 Å². The number of thiazole rings is 1. The molecule has 0 radical (unpaired) electrons. The molecular formula is C24H24N4O3S3. The van der Waals surface area contributed by atoms with Crippen LogP contribution in [0.3, 0.4) is 0 Å². The van der Waals surface area contributed by atoms with Crippen LogP contribution in [0.15, 0.2) is 64.3 Å². The van der Waals surface area contributed by atoms with Gasteiger partial charge in [0.2, 0.25) is 5.91 Å². The van der Waals surface area contributed by atoms with Gasteiger partial charge in [0, 0.05) is 19.3 Å². The highest BCUT2D eigenvalue weighted by Crippen LogP contribution is 2.33. The molecule has 1 aromatic carbocycles. The first-order valence-electron chi connectivity index (χ1n) is 11.0. The Kier molecular flexibility index (Phi) is 6.48. The summed E-state index contributed by atoms with van der Waals surface area (Å²) in [5, 5.41) is 2.36. The lowest BCUT2D eigenvalue weighted by Gasteiger charge is -2.33. The number of pyridine rings is 1. The monoisotopic (exact) mass is 512 g/mol. The first-order valence-corrected chi connectivity index (χ1v) is 14.2. The normalized spacial score (nSPS) is 17.1. The number of sulfonamides is 1. The van der Waals surface area contributed by atoms with Crippen LogP contribution in [0.4, 0.5) is 5.13 Å². The van der Waals surface area contributed by atoms with E-state index in [2.05, 4.69) is 11.1 Å². The molecule has 3 aromatic heterocycles. The molecule has 1 amide bonds. The van der Waals surface area contributed by atoms with E-state index in [1.807, 2.05) is 37.3 Å². The van der Waals surface area contributed by atoms with Gasteiger partial charge in [-0.1, -0.05) is 29.5 Å². The molecule has 4 heterocycles. The van der Waals surface area contributed by atoms with E-state index in [1.165, 1.54) is 27.0 Å². The van der Waals surface area contributed by atoms with Crippen molar-refractivity contribution in [1.82, 2.24) is 14.3 Å². The van der Waals surface area contributed by atoms with Crippen molar-refractivity contribution in [2.75, 3.05) is 18.0 Å². The molecule has 10 heteroatoms. The standard InChI is InChI=1S/C24H24N4O3S3/c1-17-9-10-20-21(14-17)33-24(26-20)28(16-19-7-2-3-11-25-19)23(29)18-6-4-12-27(15-18)34(30,31)22-8-5-13-32-22/h2-3,5,7-11,13-14,18H,4,6,12,15-16H2,1H3. The highest BCUT2D eigenvalue weighted by Gasteiger charge is 2.36. The molecule has 34 heavy (non-hydrogen) atoms. The quantitative estimate of drug-likeness (QED) is 0.374. The minimum Gasteiger partial charge on any atom is -0.282 e. The molecule has 0 N–H and O–H groups in total. The van der Waals surface area contributed by atoms with Crippen LogP contribution in [0.5, 0.6) is 0 Å². The van der Waals surface area contributed by atoms with Crippen LogP contribution in [0.25, 0.3) is 10.2 Å². The molecule has 1 aliphatic heterocycles. The van der Waals surface area contributed by atoms with Crippen molar-refractivity contribution < 1.29 is 13.2 Å². The number of hydrogen-bond acceptors (Lipinski definition) is 7. The van der Waals surface area contributed by atoms with Gasteiger partial charge in [0.25, 0.3) is 10.0 Å². The molecule has 4 aromatic rings. The van der Waals surface area contributed by atoms with Crippen molar-refractivity contribution in [3.05, 3.63) is 71.4 Å². The molecule has 1 atom stereocenters. The number of nitrogens with zero attached hydrogens (tertiary/aromatic N) is 4. The summed E-state index contributed by atoms with van der Waals surface area (Å²) in [5.74, 6) is -0.562. The fourth-order valence-electron chi connectivity index (χ4n) is 4.15. The Bertz CT molecular complexity index is 1400. The van der Waals surface area contributed by atoms with Gasteiger partial charge in [-0.3, -0.25) is 14.7 Å². The average Bonchev–Trinajstić information content (AvgIpc) is 3.53. The van der Waals surface area contributed by atoms with Gasteiger partial charge in [0.15, 0.2) is 5.13 Å². The lowest BCUT2D eigenvalue weighted by atomic mass is 9.98. The van der Waals surface area contributed by atoms with Crippen LogP contribution in [-0.4, -0.2) is 41.7 Å². The molecular weight excluding hydrogens is 488 g/mol. The SMILES string of the molecule is Cc1ccc2nc(N(Cc3ccccn3)C(=O)C3CCCN(S(=O)(=O)c4cccs4)C3)sc2c1. The Morgan fingerprint density at radius 3 is 2.85 bits per heavy atom. The highest BCUT2D eigenvalue weighted by atomic mass is 32.2. The van der Waals surface area contributed by atoms with Crippen molar-refractivity contribution in [3.63, 3.8) is 0 Å². The topological polar surface area (TPSA) is 83.5 Å². The van der Waals surface area contributed by atoms with Crippen molar-refractivity contribution in [2.24, 2.45) is 5.92 Å². The summed E-state index contributed by atoms with van der Waals surface area (Å²) in [6.07, 6.45) is 2.98. The Morgan fingerprint density at radius 2 is 2.09 bits per heavy atom. The average molecular weight is 513 g/mol. The summed E-state index contributed by atoms with van der Waals surface area (Å²) in [5.41, 5.74) is 2.73. The van der Waals surface area contributed by atoms with E-state index in [9.17, 15) is 13.2 Å². The number of fused-ring (bicyclic) bond motifs is 1. The number of aromatic nitrogens is 2. The number of carbonyl (C=O) groups is 1. The van der Waals surface area contributed by atoms with E-state index in [0.29, 0.717) is 28.7 Å². The highest BCUT2D eigenvalue weighted by molar-refractivity contribution is 7.91. The van der Waals surface area contributed by atoms with E-state index >= 15 is 0 Å². The Labute approximate surface area is 206 Å². The van der Waals surface area contributed by atoms with E-state index in [0.717, 1.165) is 21.5 Å². The Balaban J connectivity index is 1.46. The Hall–Kier alpha value is -2.66. The fourth-order valence-corrected chi connectivity index (χ4v) is 7.89. The molecule has 0 saturated carbocycles. The molecule has 7 nitrogen and oxygen atoms in total. The smallest absolute Gasteiger partial charge is 0.252 e. The molecule has 1 aliphatic rings. The third-order valence-electron chi connectivity index (χ3n) is 5.90. The van der Waals surface area contributed by atoms with E-state index in [1.54, 1.807) is 28.6 Å². The minimum absolute atomic E-state index is 0.118. The van der Waals surface area contributed by atoms with Crippen molar-refractivity contribution in [1.29, 1.82) is 0 Å². The van der Waals surface area contributed by atoms with Crippen molar-refractivity contribution >= 4 is 54.0 Å². The molecule has 0 bridgehead atoms. The number of benzene rings is 1. The van der Waals surface area contributed by atoms with Crippen LogP contribution in [0, 0.1) is 12.8 Å². The van der Waals surface area contributed by atoms with Crippen LogP contribution in [-0.2, 0) is 21.4 Å². The number of amides is 1. The number of aryl methyl sites for hydroxylation is 1. The fraction of sp³-hybridized carbons (Fsp3) is 0.292. The van der Waals surface area contributed by atoms with E-state index in [-0.39, 0.29) is 19.0 Å². The number of carbonyl (C=O) groups excluding carboxylic acids is 1. The maximum Gasteiger partial charge on any atom is 0.252 e. The van der Waals surface area contributed by atoms with Crippen LogP contribution >= 0.6 is 22.7 Å². The largest absolute Gasteiger partial charge is 0.282 e. The van der Waals surface area contributed by atoms with Gasteiger partial charge in [-0.05, 0) is 61.0 Å².